The van der Waals surface area contributed by atoms with E-state index in [9.17, 15) is 9.59 Å². The van der Waals surface area contributed by atoms with Gasteiger partial charge in [0.2, 0.25) is 11.5 Å². The molecule has 0 aromatic carbocycles. The zero-order chi connectivity index (χ0) is 13.1. The van der Waals surface area contributed by atoms with Crippen LogP contribution in [0.2, 0.25) is 0 Å². The number of ketones is 1. The summed E-state index contributed by atoms with van der Waals surface area (Å²) in [6.45, 7) is 3.52. The van der Waals surface area contributed by atoms with Crippen molar-refractivity contribution in [3.63, 3.8) is 0 Å². The minimum Gasteiger partial charge on any atom is -0.463 e. The first-order chi connectivity index (χ1) is 7.98. The Kier molecular flexibility index (Phi) is 4.07. The van der Waals surface area contributed by atoms with E-state index in [1.807, 2.05) is 6.92 Å². The largest absolute Gasteiger partial charge is 0.463 e. The van der Waals surface area contributed by atoms with Crippen LogP contribution in [0.3, 0.4) is 0 Å². The molecule has 5 nitrogen and oxygen atoms in total. The highest BCUT2D eigenvalue weighted by Crippen LogP contribution is 2.22. The molecule has 1 unspecified atom stereocenters. The molecule has 0 aliphatic heterocycles. The third-order valence-electron chi connectivity index (χ3n) is 2.82. The summed E-state index contributed by atoms with van der Waals surface area (Å²) in [6.07, 6.45) is 0.511. The standard InChI is InChI=1S/C12H16O5/c1-5-12(2,16-4)10(13)8-6-7-9(17-8)11(14)15-3/h6-7H,5H2,1-4H3. The fourth-order valence-electron chi connectivity index (χ4n) is 1.33. The van der Waals surface area contributed by atoms with Crippen LogP contribution in [0.15, 0.2) is 16.5 Å². The highest BCUT2D eigenvalue weighted by Gasteiger charge is 2.34. The number of hydrogen-bond donors (Lipinski definition) is 0. The molecule has 94 valence electrons. The summed E-state index contributed by atoms with van der Waals surface area (Å²) in [4.78, 5) is 23.3. The van der Waals surface area contributed by atoms with Crippen molar-refractivity contribution in [1.82, 2.24) is 0 Å². The second-order valence-electron chi connectivity index (χ2n) is 3.77. The van der Waals surface area contributed by atoms with Crippen LogP contribution in [-0.2, 0) is 9.47 Å². The van der Waals surface area contributed by atoms with Gasteiger partial charge in [-0.25, -0.2) is 4.79 Å². The molecule has 0 amide bonds. The Morgan fingerprint density at radius 3 is 2.35 bits per heavy atom. The molecule has 0 aliphatic rings. The Morgan fingerprint density at radius 2 is 1.88 bits per heavy atom. The van der Waals surface area contributed by atoms with Crippen LogP contribution in [0, 0.1) is 0 Å². The van der Waals surface area contributed by atoms with Crippen LogP contribution in [0.1, 0.15) is 41.4 Å². The minimum atomic E-state index is -0.939. The predicted molar refractivity (Wildman–Crippen MR) is 60.1 cm³/mol. The van der Waals surface area contributed by atoms with E-state index in [4.69, 9.17) is 9.15 Å². The van der Waals surface area contributed by atoms with E-state index in [1.54, 1.807) is 6.92 Å². The molecule has 0 N–H and O–H groups in total. The molecular weight excluding hydrogens is 224 g/mol. The van der Waals surface area contributed by atoms with Crippen LogP contribution in [0.4, 0.5) is 0 Å². The van der Waals surface area contributed by atoms with E-state index in [2.05, 4.69) is 4.74 Å². The molecule has 17 heavy (non-hydrogen) atoms. The van der Waals surface area contributed by atoms with E-state index in [0.29, 0.717) is 6.42 Å². The number of carbonyl (C=O) groups is 2. The lowest BCUT2D eigenvalue weighted by atomic mass is 9.96. The molecule has 1 aromatic rings. The smallest absolute Gasteiger partial charge is 0.373 e. The van der Waals surface area contributed by atoms with Crippen molar-refractivity contribution >= 4 is 11.8 Å². The fraction of sp³-hybridized carbons (Fsp3) is 0.500. The van der Waals surface area contributed by atoms with Crippen molar-refractivity contribution in [2.75, 3.05) is 14.2 Å². The van der Waals surface area contributed by atoms with Gasteiger partial charge in [0.1, 0.15) is 5.60 Å². The van der Waals surface area contributed by atoms with Crippen LogP contribution in [0.5, 0.6) is 0 Å². The maximum absolute atomic E-state index is 12.1. The maximum atomic E-state index is 12.1. The Bertz CT molecular complexity index is 414. The third kappa shape index (κ3) is 2.55. The Labute approximate surface area is 99.7 Å². The lowest BCUT2D eigenvalue weighted by Gasteiger charge is -2.23. The molecule has 0 saturated carbocycles. The van der Waals surface area contributed by atoms with Gasteiger partial charge < -0.3 is 13.9 Å². The van der Waals surface area contributed by atoms with Crippen LogP contribution < -0.4 is 0 Å². The highest BCUT2D eigenvalue weighted by atomic mass is 16.5. The third-order valence-corrected chi connectivity index (χ3v) is 2.82. The lowest BCUT2D eigenvalue weighted by molar-refractivity contribution is 0.00820. The van der Waals surface area contributed by atoms with Gasteiger partial charge >= 0.3 is 5.97 Å². The second kappa shape index (κ2) is 5.14. The zero-order valence-electron chi connectivity index (χ0n) is 10.4. The molecule has 1 aromatic heterocycles. The second-order valence-corrected chi connectivity index (χ2v) is 3.77. The predicted octanol–water partition coefficient (Wildman–Crippen LogP) is 2.06. The van der Waals surface area contributed by atoms with Gasteiger partial charge in [0.25, 0.3) is 0 Å². The number of esters is 1. The summed E-state index contributed by atoms with van der Waals surface area (Å²) in [7, 11) is 2.71. The van der Waals surface area contributed by atoms with Crippen molar-refractivity contribution in [2.45, 2.75) is 25.9 Å². The molecule has 0 fully saturated rings. The summed E-state index contributed by atoms with van der Waals surface area (Å²) >= 11 is 0. The maximum Gasteiger partial charge on any atom is 0.373 e. The lowest BCUT2D eigenvalue weighted by Crippen LogP contribution is -2.36. The molecular formula is C12H16O5. The average Bonchev–Trinajstić information content (AvgIpc) is 2.85. The molecule has 1 heterocycles. The van der Waals surface area contributed by atoms with Crippen LogP contribution in [-0.4, -0.2) is 31.6 Å². The van der Waals surface area contributed by atoms with Crippen molar-refractivity contribution in [3.8, 4) is 0 Å². The number of carbonyl (C=O) groups excluding carboxylic acids is 2. The monoisotopic (exact) mass is 240 g/mol. The number of methoxy groups -OCH3 is 2. The number of hydrogen-bond acceptors (Lipinski definition) is 5. The summed E-state index contributed by atoms with van der Waals surface area (Å²) in [5.74, 6) is -0.806. The van der Waals surface area contributed by atoms with Gasteiger partial charge in [0, 0.05) is 7.11 Å². The number of furan rings is 1. The molecule has 1 rings (SSSR count). The Hall–Kier alpha value is -1.62. The molecule has 5 heteroatoms. The van der Waals surface area contributed by atoms with Gasteiger partial charge in [-0.15, -0.1) is 0 Å². The van der Waals surface area contributed by atoms with E-state index in [0.717, 1.165) is 0 Å². The molecule has 0 bridgehead atoms. The van der Waals surface area contributed by atoms with E-state index in [-0.39, 0.29) is 17.3 Å². The normalized spacial score (nSPS) is 14.1. The quantitative estimate of drug-likeness (QED) is 0.582. The summed E-state index contributed by atoms with van der Waals surface area (Å²) < 4.78 is 14.8. The summed E-state index contributed by atoms with van der Waals surface area (Å²) in [5.41, 5.74) is -0.939. The van der Waals surface area contributed by atoms with Gasteiger partial charge in [-0.2, -0.15) is 0 Å². The van der Waals surface area contributed by atoms with Gasteiger partial charge in [0.15, 0.2) is 5.76 Å². The SMILES string of the molecule is CCC(C)(OC)C(=O)c1ccc(C(=O)OC)o1. The Morgan fingerprint density at radius 1 is 1.29 bits per heavy atom. The first-order valence-corrected chi connectivity index (χ1v) is 5.26. The highest BCUT2D eigenvalue weighted by molar-refractivity contribution is 6.00. The number of Topliss-reactive ketones (excluding diaryl/α,β-unsaturated/α-hetero) is 1. The van der Waals surface area contributed by atoms with Gasteiger partial charge in [0.05, 0.1) is 7.11 Å². The van der Waals surface area contributed by atoms with Crippen molar-refractivity contribution in [2.24, 2.45) is 0 Å². The van der Waals surface area contributed by atoms with Gasteiger partial charge in [-0.3, -0.25) is 4.79 Å². The average molecular weight is 240 g/mol. The van der Waals surface area contributed by atoms with Crippen molar-refractivity contribution < 1.29 is 23.5 Å². The van der Waals surface area contributed by atoms with Crippen LogP contribution in [0.25, 0.3) is 0 Å². The van der Waals surface area contributed by atoms with Crippen LogP contribution >= 0.6 is 0 Å². The molecule has 1 atom stereocenters. The minimum absolute atomic E-state index is 0.00501. The van der Waals surface area contributed by atoms with E-state index < -0.39 is 11.6 Å². The van der Waals surface area contributed by atoms with Gasteiger partial charge in [-0.05, 0) is 25.5 Å². The van der Waals surface area contributed by atoms with Gasteiger partial charge in [-0.1, -0.05) is 6.92 Å². The first kappa shape index (κ1) is 13.4. The van der Waals surface area contributed by atoms with Crippen molar-refractivity contribution in [3.05, 3.63) is 23.7 Å². The number of rotatable bonds is 5. The first-order valence-electron chi connectivity index (χ1n) is 5.26. The van der Waals surface area contributed by atoms with E-state index >= 15 is 0 Å². The molecule has 0 aliphatic carbocycles. The number of ether oxygens (including phenoxy) is 2. The van der Waals surface area contributed by atoms with Crippen molar-refractivity contribution in [1.29, 1.82) is 0 Å². The molecule has 0 spiro atoms. The molecule has 0 radical (unpaired) electrons. The zero-order valence-corrected chi connectivity index (χ0v) is 10.4. The summed E-state index contributed by atoms with van der Waals surface area (Å²) in [6, 6.07) is 2.85. The molecule has 0 saturated heterocycles. The fourth-order valence-corrected chi connectivity index (χ4v) is 1.33. The van der Waals surface area contributed by atoms with E-state index in [1.165, 1.54) is 26.4 Å². The topological polar surface area (TPSA) is 65.7 Å². The summed E-state index contributed by atoms with van der Waals surface area (Å²) in [5, 5.41) is 0. The Balaban J connectivity index is 2.98.